The molecule has 1 atom stereocenters. The summed E-state index contributed by atoms with van der Waals surface area (Å²) >= 11 is 0. The molecule has 0 saturated carbocycles. The van der Waals surface area contributed by atoms with Gasteiger partial charge < -0.3 is 10.6 Å². The van der Waals surface area contributed by atoms with E-state index >= 15 is 0 Å². The molecule has 1 amide bonds. The maximum absolute atomic E-state index is 12.5. The van der Waals surface area contributed by atoms with Crippen molar-refractivity contribution in [1.29, 1.82) is 0 Å². The van der Waals surface area contributed by atoms with Gasteiger partial charge in [0.15, 0.2) is 0 Å². The maximum atomic E-state index is 12.5. The first kappa shape index (κ1) is 16.0. The fraction of sp³-hybridized carbons (Fsp3) is 0.692. The Morgan fingerprint density at radius 3 is 2.84 bits per heavy atom. The SMILES string of the molecule is Cc1cc(C(=O)N2CCCCC2CCN)n(C)n1.Cl. The normalized spacial score (nSPS) is 19.1. The van der Waals surface area contributed by atoms with Crippen molar-refractivity contribution in [1.82, 2.24) is 14.7 Å². The van der Waals surface area contributed by atoms with E-state index in [1.807, 2.05) is 24.9 Å². The van der Waals surface area contributed by atoms with E-state index in [2.05, 4.69) is 5.10 Å². The van der Waals surface area contributed by atoms with Gasteiger partial charge in [0.1, 0.15) is 5.69 Å². The lowest BCUT2D eigenvalue weighted by Gasteiger charge is -2.35. The van der Waals surface area contributed by atoms with Gasteiger partial charge in [-0.2, -0.15) is 5.10 Å². The van der Waals surface area contributed by atoms with E-state index in [1.54, 1.807) is 4.68 Å². The summed E-state index contributed by atoms with van der Waals surface area (Å²) in [6.45, 7) is 3.39. The third kappa shape index (κ3) is 3.48. The number of halogens is 1. The van der Waals surface area contributed by atoms with Gasteiger partial charge in [0.05, 0.1) is 5.69 Å². The molecule has 2 rings (SSSR count). The summed E-state index contributed by atoms with van der Waals surface area (Å²) < 4.78 is 1.67. The Kier molecular flexibility index (Phi) is 5.82. The molecule has 0 aromatic carbocycles. The van der Waals surface area contributed by atoms with Gasteiger partial charge in [0, 0.05) is 19.6 Å². The zero-order valence-electron chi connectivity index (χ0n) is 11.6. The Balaban J connectivity index is 0.00000180. The smallest absolute Gasteiger partial charge is 0.272 e. The highest BCUT2D eigenvalue weighted by Crippen LogP contribution is 2.21. The summed E-state index contributed by atoms with van der Waals surface area (Å²) in [6, 6.07) is 2.16. The lowest BCUT2D eigenvalue weighted by atomic mass is 9.99. The quantitative estimate of drug-likeness (QED) is 0.916. The number of piperidine rings is 1. The Morgan fingerprint density at radius 1 is 1.53 bits per heavy atom. The summed E-state index contributed by atoms with van der Waals surface area (Å²) in [4.78, 5) is 14.5. The second-order valence-corrected chi connectivity index (χ2v) is 5.02. The fourth-order valence-electron chi connectivity index (χ4n) is 2.72. The van der Waals surface area contributed by atoms with E-state index in [-0.39, 0.29) is 18.3 Å². The third-order valence-electron chi connectivity index (χ3n) is 3.61. The van der Waals surface area contributed by atoms with Crippen LogP contribution in [0.2, 0.25) is 0 Å². The van der Waals surface area contributed by atoms with Gasteiger partial charge in [-0.15, -0.1) is 12.4 Å². The first-order valence-corrected chi connectivity index (χ1v) is 6.65. The number of carbonyl (C=O) groups excluding carboxylic acids is 1. The molecular formula is C13H23ClN4O. The van der Waals surface area contributed by atoms with E-state index in [1.165, 1.54) is 6.42 Å². The number of hydrogen-bond donors (Lipinski definition) is 1. The standard InChI is InChI=1S/C13H22N4O.ClH/c1-10-9-12(16(2)15-10)13(18)17-8-4-3-5-11(17)6-7-14;/h9,11H,3-8,14H2,1-2H3;1H. The maximum Gasteiger partial charge on any atom is 0.272 e. The summed E-state index contributed by atoms with van der Waals surface area (Å²) in [5, 5.41) is 4.24. The monoisotopic (exact) mass is 286 g/mol. The molecule has 108 valence electrons. The number of aromatic nitrogens is 2. The van der Waals surface area contributed by atoms with Crippen LogP contribution >= 0.6 is 12.4 Å². The van der Waals surface area contributed by atoms with E-state index in [4.69, 9.17) is 5.73 Å². The van der Waals surface area contributed by atoms with Crippen molar-refractivity contribution < 1.29 is 4.79 Å². The van der Waals surface area contributed by atoms with Crippen LogP contribution in [0.1, 0.15) is 41.9 Å². The summed E-state index contributed by atoms with van der Waals surface area (Å²) in [6.07, 6.45) is 4.24. The van der Waals surface area contributed by atoms with E-state index in [0.29, 0.717) is 18.3 Å². The summed E-state index contributed by atoms with van der Waals surface area (Å²) in [7, 11) is 1.82. The number of aryl methyl sites for hydroxylation is 2. The zero-order chi connectivity index (χ0) is 13.1. The highest BCUT2D eigenvalue weighted by atomic mass is 35.5. The van der Waals surface area contributed by atoms with Crippen molar-refractivity contribution in [3.8, 4) is 0 Å². The number of nitrogens with zero attached hydrogens (tertiary/aromatic N) is 3. The average Bonchev–Trinajstić information content (AvgIpc) is 2.69. The molecule has 1 aromatic heterocycles. The molecule has 1 fully saturated rings. The van der Waals surface area contributed by atoms with Crippen LogP contribution in [0.4, 0.5) is 0 Å². The van der Waals surface area contributed by atoms with Gasteiger partial charge in [-0.05, 0) is 45.2 Å². The van der Waals surface area contributed by atoms with Gasteiger partial charge >= 0.3 is 0 Å². The molecule has 1 aliphatic rings. The van der Waals surface area contributed by atoms with Crippen LogP contribution in [0.3, 0.4) is 0 Å². The van der Waals surface area contributed by atoms with Gasteiger partial charge in [-0.1, -0.05) is 0 Å². The van der Waals surface area contributed by atoms with Gasteiger partial charge in [-0.3, -0.25) is 9.48 Å². The highest BCUT2D eigenvalue weighted by Gasteiger charge is 2.28. The van der Waals surface area contributed by atoms with Crippen LogP contribution in [-0.4, -0.2) is 39.7 Å². The van der Waals surface area contributed by atoms with Crippen molar-refractivity contribution in [3.05, 3.63) is 17.5 Å². The minimum absolute atomic E-state index is 0. The molecule has 1 aromatic rings. The zero-order valence-corrected chi connectivity index (χ0v) is 12.4. The van der Waals surface area contributed by atoms with Crippen LogP contribution in [0.15, 0.2) is 6.07 Å². The second kappa shape index (κ2) is 6.91. The summed E-state index contributed by atoms with van der Waals surface area (Å²) in [5.74, 6) is 0.0938. The number of amides is 1. The third-order valence-corrected chi connectivity index (χ3v) is 3.61. The Labute approximate surface area is 120 Å². The Morgan fingerprint density at radius 2 is 2.26 bits per heavy atom. The Hall–Kier alpha value is -1.07. The molecule has 5 nitrogen and oxygen atoms in total. The van der Waals surface area contributed by atoms with Crippen LogP contribution in [0.25, 0.3) is 0 Å². The van der Waals surface area contributed by atoms with Gasteiger partial charge in [0.2, 0.25) is 0 Å². The van der Waals surface area contributed by atoms with Gasteiger partial charge in [0.25, 0.3) is 5.91 Å². The molecule has 19 heavy (non-hydrogen) atoms. The van der Waals surface area contributed by atoms with Crippen molar-refractivity contribution in [2.24, 2.45) is 12.8 Å². The second-order valence-electron chi connectivity index (χ2n) is 5.02. The van der Waals surface area contributed by atoms with Crippen LogP contribution in [0.5, 0.6) is 0 Å². The Bertz CT molecular complexity index is 430. The van der Waals surface area contributed by atoms with Crippen LogP contribution < -0.4 is 5.73 Å². The average molecular weight is 287 g/mol. The van der Waals surface area contributed by atoms with Crippen LogP contribution in [-0.2, 0) is 7.05 Å². The molecule has 0 radical (unpaired) electrons. The topological polar surface area (TPSA) is 64.2 Å². The lowest BCUT2D eigenvalue weighted by Crippen LogP contribution is -2.45. The van der Waals surface area contributed by atoms with E-state index in [0.717, 1.165) is 31.5 Å². The highest BCUT2D eigenvalue weighted by molar-refractivity contribution is 5.93. The molecule has 1 saturated heterocycles. The predicted molar refractivity (Wildman–Crippen MR) is 77.5 cm³/mol. The molecule has 0 aliphatic carbocycles. The predicted octanol–water partition coefficient (Wildman–Crippen LogP) is 1.49. The van der Waals surface area contributed by atoms with Crippen LogP contribution in [0, 0.1) is 6.92 Å². The first-order chi connectivity index (χ1) is 8.63. The molecule has 2 N–H and O–H groups in total. The molecule has 0 bridgehead atoms. The number of nitrogens with two attached hydrogens (primary N) is 1. The molecule has 6 heteroatoms. The minimum Gasteiger partial charge on any atom is -0.334 e. The number of likely N-dealkylation sites (tertiary alicyclic amines) is 1. The van der Waals surface area contributed by atoms with Crippen molar-refractivity contribution >= 4 is 18.3 Å². The van der Waals surface area contributed by atoms with E-state index < -0.39 is 0 Å². The molecule has 2 heterocycles. The van der Waals surface area contributed by atoms with Crippen molar-refractivity contribution in [3.63, 3.8) is 0 Å². The van der Waals surface area contributed by atoms with Crippen molar-refractivity contribution in [2.75, 3.05) is 13.1 Å². The van der Waals surface area contributed by atoms with Crippen molar-refractivity contribution in [2.45, 2.75) is 38.6 Å². The summed E-state index contributed by atoms with van der Waals surface area (Å²) in [5.41, 5.74) is 7.20. The number of rotatable bonds is 3. The number of carbonyl (C=O) groups is 1. The lowest BCUT2D eigenvalue weighted by molar-refractivity contribution is 0.0593. The molecule has 0 spiro atoms. The first-order valence-electron chi connectivity index (χ1n) is 6.65. The molecule has 1 aliphatic heterocycles. The molecule has 1 unspecified atom stereocenters. The largest absolute Gasteiger partial charge is 0.334 e. The minimum atomic E-state index is 0. The van der Waals surface area contributed by atoms with Gasteiger partial charge in [-0.25, -0.2) is 0 Å². The molecular weight excluding hydrogens is 264 g/mol. The fourth-order valence-corrected chi connectivity index (χ4v) is 2.72. The van der Waals surface area contributed by atoms with E-state index in [9.17, 15) is 4.79 Å². The number of hydrogen-bond acceptors (Lipinski definition) is 3.